The standard InChI is InChI=1S/C16H19N5O2/c1-4-13-18-16(20-21(13)3)19-15(23)12-8-6-11(7-9-12)10-17-14(22)5-2/h5-9H,2,4,10H2,1,3H3,(H,17,22)(H,19,20,23). The fourth-order valence-corrected chi connectivity index (χ4v) is 1.99. The van der Waals surface area contributed by atoms with E-state index < -0.39 is 0 Å². The van der Waals surface area contributed by atoms with E-state index in [9.17, 15) is 9.59 Å². The minimum Gasteiger partial charge on any atom is -0.348 e. The second-order valence-electron chi connectivity index (χ2n) is 4.90. The van der Waals surface area contributed by atoms with Crippen molar-refractivity contribution in [1.82, 2.24) is 20.1 Å². The summed E-state index contributed by atoms with van der Waals surface area (Å²) < 4.78 is 1.64. The third-order valence-corrected chi connectivity index (χ3v) is 3.26. The number of rotatable bonds is 6. The smallest absolute Gasteiger partial charge is 0.258 e. The largest absolute Gasteiger partial charge is 0.348 e. The van der Waals surface area contributed by atoms with Crippen LogP contribution in [0.15, 0.2) is 36.9 Å². The molecule has 2 rings (SSSR count). The molecule has 0 radical (unpaired) electrons. The lowest BCUT2D eigenvalue weighted by molar-refractivity contribution is -0.116. The molecule has 7 heteroatoms. The molecule has 2 aromatic rings. The fourth-order valence-electron chi connectivity index (χ4n) is 1.99. The normalized spacial score (nSPS) is 10.2. The molecular formula is C16H19N5O2. The van der Waals surface area contributed by atoms with Crippen LogP contribution in [-0.2, 0) is 24.8 Å². The second-order valence-corrected chi connectivity index (χ2v) is 4.90. The summed E-state index contributed by atoms with van der Waals surface area (Å²) in [5.41, 5.74) is 1.38. The van der Waals surface area contributed by atoms with Crippen molar-refractivity contribution < 1.29 is 9.59 Å². The lowest BCUT2D eigenvalue weighted by Crippen LogP contribution is -2.20. The molecule has 0 bridgehead atoms. The highest BCUT2D eigenvalue weighted by molar-refractivity contribution is 6.03. The van der Waals surface area contributed by atoms with Crippen molar-refractivity contribution in [3.63, 3.8) is 0 Å². The first-order valence-corrected chi connectivity index (χ1v) is 7.24. The van der Waals surface area contributed by atoms with Crippen molar-refractivity contribution >= 4 is 17.8 Å². The van der Waals surface area contributed by atoms with E-state index in [-0.39, 0.29) is 17.8 Å². The number of benzene rings is 1. The van der Waals surface area contributed by atoms with Crippen LogP contribution >= 0.6 is 0 Å². The second kappa shape index (κ2) is 7.35. The van der Waals surface area contributed by atoms with Crippen LogP contribution in [0.2, 0.25) is 0 Å². The van der Waals surface area contributed by atoms with Gasteiger partial charge in [-0.15, -0.1) is 5.10 Å². The van der Waals surface area contributed by atoms with E-state index in [0.29, 0.717) is 12.1 Å². The molecule has 7 nitrogen and oxygen atoms in total. The van der Waals surface area contributed by atoms with Gasteiger partial charge in [0.15, 0.2) is 0 Å². The van der Waals surface area contributed by atoms with Crippen LogP contribution in [0.3, 0.4) is 0 Å². The number of aromatic nitrogens is 3. The van der Waals surface area contributed by atoms with E-state index in [1.165, 1.54) is 6.08 Å². The summed E-state index contributed by atoms with van der Waals surface area (Å²) in [7, 11) is 1.79. The minimum absolute atomic E-state index is 0.236. The molecule has 0 fully saturated rings. The molecule has 0 saturated heterocycles. The Kier molecular flexibility index (Phi) is 5.24. The molecule has 2 N–H and O–H groups in total. The van der Waals surface area contributed by atoms with Gasteiger partial charge in [0.2, 0.25) is 11.9 Å². The Morgan fingerprint density at radius 1 is 1.30 bits per heavy atom. The monoisotopic (exact) mass is 313 g/mol. The van der Waals surface area contributed by atoms with Gasteiger partial charge < -0.3 is 5.32 Å². The molecule has 0 aliphatic heterocycles. The summed E-state index contributed by atoms with van der Waals surface area (Å²) in [5, 5.41) is 9.48. The van der Waals surface area contributed by atoms with Gasteiger partial charge in [0, 0.05) is 25.6 Å². The zero-order valence-electron chi connectivity index (χ0n) is 13.2. The van der Waals surface area contributed by atoms with Gasteiger partial charge >= 0.3 is 0 Å². The summed E-state index contributed by atoms with van der Waals surface area (Å²) in [4.78, 5) is 27.5. The van der Waals surface area contributed by atoms with E-state index in [2.05, 4.69) is 27.3 Å². The van der Waals surface area contributed by atoms with Gasteiger partial charge in [-0.2, -0.15) is 4.98 Å². The molecular weight excluding hydrogens is 294 g/mol. The number of amides is 2. The number of nitrogens with one attached hydrogen (secondary N) is 2. The molecule has 0 aliphatic carbocycles. The Morgan fingerprint density at radius 3 is 2.57 bits per heavy atom. The number of nitrogens with zero attached hydrogens (tertiary/aromatic N) is 3. The predicted octanol–water partition coefficient (Wildman–Crippen LogP) is 1.43. The van der Waals surface area contributed by atoms with E-state index in [0.717, 1.165) is 17.8 Å². The number of carbonyl (C=O) groups is 2. The van der Waals surface area contributed by atoms with Crippen molar-refractivity contribution in [2.45, 2.75) is 19.9 Å². The van der Waals surface area contributed by atoms with Crippen LogP contribution in [0.25, 0.3) is 0 Å². The number of carbonyl (C=O) groups excluding carboxylic acids is 2. The van der Waals surface area contributed by atoms with Crippen LogP contribution in [0.4, 0.5) is 5.95 Å². The fraction of sp³-hybridized carbons (Fsp3) is 0.250. The Balaban J connectivity index is 1.99. The first kappa shape index (κ1) is 16.4. The molecule has 120 valence electrons. The van der Waals surface area contributed by atoms with E-state index >= 15 is 0 Å². The number of hydrogen-bond acceptors (Lipinski definition) is 4. The average Bonchev–Trinajstić information content (AvgIpc) is 2.92. The lowest BCUT2D eigenvalue weighted by atomic mass is 10.1. The van der Waals surface area contributed by atoms with Crippen LogP contribution in [-0.4, -0.2) is 26.6 Å². The molecule has 0 saturated carbocycles. The number of anilines is 1. The van der Waals surface area contributed by atoms with Gasteiger partial charge in [-0.1, -0.05) is 25.6 Å². The van der Waals surface area contributed by atoms with Gasteiger partial charge in [-0.25, -0.2) is 0 Å². The summed E-state index contributed by atoms with van der Waals surface area (Å²) in [6.07, 6.45) is 1.96. The third kappa shape index (κ3) is 4.26. The van der Waals surface area contributed by atoms with Crippen molar-refractivity contribution in [2.24, 2.45) is 7.05 Å². The molecule has 2 amide bonds. The molecule has 23 heavy (non-hydrogen) atoms. The highest BCUT2D eigenvalue weighted by Crippen LogP contribution is 2.08. The topological polar surface area (TPSA) is 88.9 Å². The Bertz CT molecular complexity index is 719. The van der Waals surface area contributed by atoms with Crippen LogP contribution < -0.4 is 10.6 Å². The molecule has 1 aromatic carbocycles. The first-order valence-electron chi connectivity index (χ1n) is 7.24. The summed E-state index contributed by atoms with van der Waals surface area (Å²) >= 11 is 0. The minimum atomic E-state index is -0.278. The van der Waals surface area contributed by atoms with Crippen molar-refractivity contribution in [3.8, 4) is 0 Å². The van der Waals surface area contributed by atoms with Gasteiger partial charge in [0.25, 0.3) is 5.91 Å². The average molecular weight is 313 g/mol. The maximum absolute atomic E-state index is 12.2. The third-order valence-electron chi connectivity index (χ3n) is 3.26. The summed E-state index contributed by atoms with van der Waals surface area (Å²) in [6, 6.07) is 6.94. The lowest BCUT2D eigenvalue weighted by Gasteiger charge is -2.04. The van der Waals surface area contributed by atoms with Crippen LogP contribution in [0.1, 0.15) is 28.7 Å². The quantitative estimate of drug-likeness (QED) is 0.790. The molecule has 1 aromatic heterocycles. The zero-order valence-corrected chi connectivity index (χ0v) is 13.2. The molecule has 0 spiro atoms. The highest BCUT2D eigenvalue weighted by Gasteiger charge is 2.11. The van der Waals surface area contributed by atoms with Gasteiger partial charge in [-0.05, 0) is 23.8 Å². The van der Waals surface area contributed by atoms with E-state index in [1.54, 1.807) is 36.0 Å². The SMILES string of the molecule is C=CC(=O)NCc1ccc(C(=O)Nc2nc(CC)n(C)n2)cc1. The van der Waals surface area contributed by atoms with Gasteiger partial charge in [0.1, 0.15) is 5.82 Å². The maximum atomic E-state index is 12.2. The number of aryl methyl sites for hydroxylation is 2. The van der Waals surface area contributed by atoms with Crippen LogP contribution in [0, 0.1) is 0 Å². The predicted molar refractivity (Wildman–Crippen MR) is 86.8 cm³/mol. The maximum Gasteiger partial charge on any atom is 0.258 e. The van der Waals surface area contributed by atoms with Gasteiger partial charge in [-0.3, -0.25) is 19.6 Å². The van der Waals surface area contributed by atoms with Gasteiger partial charge in [0.05, 0.1) is 0 Å². The Labute approximate surface area is 134 Å². The molecule has 1 heterocycles. The Morgan fingerprint density at radius 2 is 2.00 bits per heavy atom. The number of hydrogen-bond donors (Lipinski definition) is 2. The highest BCUT2D eigenvalue weighted by atomic mass is 16.2. The zero-order chi connectivity index (χ0) is 16.8. The molecule has 0 unspecified atom stereocenters. The van der Waals surface area contributed by atoms with Crippen molar-refractivity contribution in [3.05, 3.63) is 53.9 Å². The van der Waals surface area contributed by atoms with E-state index in [4.69, 9.17) is 0 Å². The molecule has 0 atom stereocenters. The van der Waals surface area contributed by atoms with Crippen LogP contribution in [0.5, 0.6) is 0 Å². The summed E-state index contributed by atoms with van der Waals surface area (Å²) in [5.74, 6) is 0.574. The first-order chi connectivity index (χ1) is 11.0. The van der Waals surface area contributed by atoms with Crippen molar-refractivity contribution in [2.75, 3.05) is 5.32 Å². The van der Waals surface area contributed by atoms with Crippen molar-refractivity contribution in [1.29, 1.82) is 0 Å². The van der Waals surface area contributed by atoms with E-state index in [1.807, 2.05) is 6.92 Å². The molecule has 0 aliphatic rings. The Hall–Kier alpha value is -2.96. The summed E-state index contributed by atoms with van der Waals surface area (Å²) in [6.45, 7) is 5.74.